The van der Waals surface area contributed by atoms with Crippen molar-refractivity contribution in [1.82, 2.24) is 4.90 Å². The van der Waals surface area contributed by atoms with E-state index in [1.807, 2.05) is 20.8 Å². The van der Waals surface area contributed by atoms with Gasteiger partial charge in [-0.15, -0.1) is 5.54 Å². The lowest BCUT2D eigenvalue weighted by Gasteiger charge is -2.37. The monoisotopic (exact) mass is 336 g/mol. The maximum Gasteiger partial charge on any atom is 0.410 e. The molecule has 1 saturated heterocycles. The maximum absolute atomic E-state index is 12.1. The van der Waals surface area contributed by atoms with Crippen LogP contribution in [0, 0.1) is 11.5 Å². The van der Waals surface area contributed by atoms with Gasteiger partial charge in [0, 0.05) is 32.4 Å². The van der Waals surface area contributed by atoms with E-state index >= 15 is 0 Å². The molecule has 1 amide bonds. The minimum absolute atomic E-state index is 0.245. The second-order valence-corrected chi connectivity index (χ2v) is 13.2. The highest BCUT2D eigenvalue weighted by molar-refractivity contribution is 6.84. The van der Waals surface area contributed by atoms with Gasteiger partial charge in [-0.1, -0.05) is 30.7 Å². The SMILES string of the molecule is CC(C)(C)OC(=O)N1CCC2(CC1)CC(C#C[Si](C)(C)C)=NO2. The molecule has 2 heterocycles. The zero-order valence-electron chi connectivity index (χ0n) is 15.2. The van der Waals surface area contributed by atoms with Gasteiger partial charge in [-0.05, 0) is 20.8 Å². The predicted molar refractivity (Wildman–Crippen MR) is 94.0 cm³/mol. The Hall–Kier alpha value is -1.48. The van der Waals surface area contributed by atoms with Gasteiger partial charge in [-0.3, -0.25) is 0 Å². The van der Waals surface area contributed by atoms with Crippen molar-refractivity contribution in [3.63, 3.8) is 0 Å². The Balaban J connectivity index is 1.88. The van der Waals surface area contributed by atoms with Crippen LogP contribution in [0.1, 0.15) is 40.0 Å². The Morgan fingerprint density at radius 2 is 1.91 bits per heavy atom. The van der Waals surface area contributed by atoms with Crippen LogP contribution in [0.4, 0.5) is 4.79 Å². The molecule has 0 atom stereocenters. The standard InChI is InChI=1S/C17H28N2O3Si/c1-16(2,3)21-15(20)19-10-8-17(9-11-19)13-14(18-22-17)7-12-23(4,5)6/h8-11,13H2,1-6H3. The molecule has 0 aromatic rings. The number of oxime groups is 1. The van der Waals surface area contributed by atoms with Gasteiger partial charge in [0.25, 0.3) is 0 Å². The summed E-state index contributed by atoms with van der Waals surface area (Å²) in [5, 5.41) is 4.18. The normalized spacial score (nSPS) is 20.4. The van der Waals surface area contributed by atoms with E-state index in [0.717, 1.165) is 25.0 Å². The molecule has 2 rings (SSSR count). The van der Waals surface area contributed by atoms with Gasteiger partial charge < -0.3 is 14.5 Å². The molecule has 0 bridgehead atoms. The minimum atomic E-state index is -1.40. The smallest absolute Gasteiger partial charge is 0.410 e. The molecule has 0 aromatic carbocycles. The van der Waals surface area contributed by atoms with Crippen LogP contribution in [-0.2, 0) is 9.57 Å². The van der Waals surface area contributed by atoms with E-state index in [2.05, 4.69) is 36.3 Å². The van der Waals surface area contributed by atoms with E-state index in [1.54, 1.807) is 4.90 Å². The highest BCUT2D eigenvalue weighted by Gasteiger charge is 2.43. The highest BCUT2D eigenvalue weighted by atomic mass is 28.3. The van der Waals surface area contributed by atoms with Gasteiger partial charge in [0.2, 0.25) is 0 Å². The number of likely N-dealkylation sites (tertiary alicyclic amines) is 1. The number of hydrogen-bond acceptors (Lipinski definition) is 4. The van der Waals surface area contributed by atoms with Gasteiger partial charge in [-0.2, -0.15) is 0 Å². The average Bonchev–Trinajstić information content (AvgIpc) is 2.78. The lowest BCUT2D eigenvalue weighted by Crippen LogP contribution is -2.48. The maximum atomic E-state index is 12.1. The molecular weight excluding hydrogens is 308 g/mol. The molecule has 0 unspecified atom stereocenters. The van der Waals surface area contributed by atoms with Crippen molar-refractivity contribution >= 4 is 19.9 Å². The lowest BCUT2D eigenvalue weighted by molar-refractivity contribution is -0.0639. The van der Waals surface area contributed by atoms with Gasteiger partial charge in [-0.25, -0.2) is 4.79 Å². The van der Waals surface area contributed by atoms with E-state index in [-0.39, 0.29) is 11.7 Å². The van der Waals surface area contributed by atoms with Crippen molar-refractivity contribution in [2.75, 3.05) is 13.1 Å². The van der Waals surface area contributed by atoms with Gasteiger partial charge in [0.15, 0.2) is 0 Å². The Kier molecular flexibility index (Phi) is 4.81. The molecule has 1 spiro atoms. The average molecular weight is 337 g/mol. The lowest BCUT2D eigenvalue weighted by atomic mass is 9.87. The summed E-state index contributed by atoms with van der Waals surface area (Å²) in [7, 11) is -1.40. The van der Waals surface area contributed by atoms with Crippen LogP contribution in [0.5, 0.6) is 0 Å². The van der Waals surface area contributed by atoms with Crippen molar-refractivity contribution in [3.8, 4) is 11.5 Å². The summed E-state index contributed by atoms with van der Waals surface area (Å²) in [5.74, 6) is 3.19. The summed E-state index contributed by atoms with van der Waals surface area (Å²) in [6, 6.07) is 0. The minimum Gasteiger partial charge on any atom is -0.444 e. The summed E-state index contributed by atoms with van der Waals surface area (Å²) in [5.41, 5.74) is 3.44. The Morgan fingerprint density at radius 3 is 2.43 bits per heavy atom. The summed E-state index contributed by atoms with van der Waals surface area (Å²) in [6.07, 6.45) is 2.05. The van der Waals surface area contributed by atoms with E-state index in [0.29, 0.717) is 13.1 Å². The highest BCUT2D eigenvalue weighted by Crippen LogP contribution is 2.34. The fraction of sp³-hybridized carbons (Fsp3) is 0.765. The van der Waals surface area contributed by atoms with Crippen LogP contribution in [0.2, 0.25) is 19.6 Å². The fourth-order valence-electron chi connectivity index (χ4n) is 2.54. The van der Waals surface area contributed by atoms with Crippen LogP contribution < -0.4 is 0 Å². The summed E-state index contributed by atoms with van der Waals surface area (Å²) < 4.78 is 5.43. The van der Waals surface area contributed by atoms with Crippen LogP contribution in [0.15, 0.2) is 5.16 Å². The Bertz CT molecular complexity index is 553. The molecule has 0 radical (unpaired) electrons. The molecular formula is C17H28N2O3Si. The number of rotatable bonds is 0. The zero-order chi connectivity index (χ0) is 17.3. The molecule has 0 aliphatic carbocycles. The third kappa shape index (κ3) is 5.28. The first-order valence-corrected chi connectivity index (χ1v) is 11.7. The number of piperidine rings is 1. The Labute approximate surface area is 140 Å². The number of ether oxygens (including phenoxy) is 1. The molecule has 1 fully saturated rings. The van der Waals surface area contributed by atoms with Crippen molar-refractivity contribution in [2.24, 2.45) is 5.16 Å². The zero-order valence-corrected chi connectivity index (χ0v) is 16.2. The fourth-order valence-corrected chi connectivity index (χ4v) is 3.06. The van der Waals surface area contributed by atoms with Gasteiger partial charge >= 0.3 is 6.09 Å². The second kappa shape index (κ2) is 6.20. The number of carbonyl (C=O) groups is 1. The van der Waals surface area contributed by atoms with Crippen molar-refractivity contribution < 1.29 is 14.4 Å². The number of amides is 1. The summed E-state index contributed by atoms with van der Waals surface area (Å²) in [4.78, 5) is 19.6. The molecule has 0 N–H and O–H groups in total. The number of hydrogen-bond donors (Lipinski definition) is 0. The third-order valence-corrected chi connectivity index (χ3v) is 4.62. The van der Waals surface area contributed by atoms with Crippen LogP contribution >= 0.6 is 0 Å². The van der Waals surface area contributed by atoms with Gasteiger partial charge in [0.1, 0.15) is 25.0 Å². The molecule has 5 nitrogen and oxygen atoms in total. The number of nitrogens with zero attached hydrogens (tertiary/aromatic N) is 2. The summed E-state index contributed by atoms with van der Waals surface area (Å²) in [6.45, 7) is 13.6. The molecule has 6 heteroatoms. The van der Waals surface area contributed by atoms with Crippen LogP contribution in [-0.4, -0.2) is 49.1 Å². The molecule has 0 saturated carbocycles. The first-order valence-electron chi connectivity index (χ1n) is 8.24. The largest absolute Gasteiger partial charge is 0.444 e. The topological polar surface area (TPSA) is 51.1 Å². The van der Waals surface area contributed by atoms with Crippen LogP contribution in [0.3, 0.4) is 0 Å². The molecule has 2 aliphatic heterocycles. The summed E-state index contributed by atoms with van der Waals surface area (Å²) >= 11 is 0. The van der Waals surface area contributed by atoms with Crippen molar-refractivity contribution in [2.45, 2.75) is 70.9 Å². The second-order valence-electron chi connectivity index (χ2n) is 8.46. The van der Waals surface area contributed by atoms with Crippen LogP contribution in [0.25, 0.3) is 0 Å². The molecule has 2 aliphatic rings. The van der Waals surface area contributed by atoms with Crippen molar-refractivity contribution in [1.29, 1.82) is 0 Å². The van der Waals surface area contributed by atoms with E-state index in [4.69, 9.17) is 9.57 Å². The molecule has 128 valence electrons. The first-order chi connectivity index (χ1) is 10.5. The van der Waals surface area contributed by atoms with E-state index in [9.17, 15) is 4.79 Å². The Morgan fingerprint density at radius 1 is 1.30 bits per heavy atom. The third-order valence-electron chi connectivity index (χ3n) is 3.75. The quantitative estimate of drug-likeness (QED) is 0.503. The molecule has 0 aromatic heterocycles. The number of carbonyl (C=O) groups excluding carboxylic acids is 1. The first kappa shape index (κ1) is 17.9. The van der Waals surface area contributed by atoms with Crippen molar-refractivity contribution in [3.05, 3.63) is 0 Å². The predicted octanol–water partition coefficient (Wildman–Crippen LogP) is 3.41. The van der Waals surface area contributed by atoms with E-state index < -0.39 is 13.7 Å². The van der Waals surface area contributed by atoms with E-state index in [1.165, 1.54) is 0 Å². The van der Waals surface area contributed by atoms with Gasteiger partial charge in [0.05, 0.1) is 0 Å². The molecule has 23 heavy (non-hydrogen) atoms.